The number of hydrogen-bond donors (Lipinski definition) is 0. The fraction of sp³-hybridized carbons (Fsp3) is 0.368. The third-order valence-electron chi connectivity index (χ3n) is 4.17. The molecule has 0 fully saturated rings. The lowest BCUT2D eigenvalue weighted by atomic mass is 10.00. The monoisotopic (exact) mass is 443 g/mol. The maximum atomic E-state index is 5.92. The van der Waals surface area contributed by atoms with E-state index >= 15 is 0 Å². The summed E-state index contributed by atoms with van der Waals surface area (Å²) >= 11 is 2.35. The molecule has 0 bridgehead atoms. The Morgan fingerprint density at radius 2 is 1.91 bits per heavy atom. The van der Waals surface area contributed by atoms with Crippen molar-refractivity contribution in [2.45, 2.75) is 26.3 Å². The summed E-state index contributed by atoms with van der Waals surface area (Å²) in [5, 5.41) is 0. The Kier molecular flexibility index (Phi) is 7.18. The quantitative estimate of drug-likeness (QED) is 0.484. The molecule has 0 aromatic heterocycles. The number of halogens is 2. The molecule has 0 saturated carbocycles. The van der Waals surface area contributed by atoms with Crippen molar-refractivity contribution in [3.63, 3.8) is 0 Å². The van der Waals surface area contributed by atoms with Crippen LogP contribution in [0.3, 0.4) is 0 Å². The van der Waals surface area contributed by atoms with Crippen molar-refractivity contribution >= 4 is 35.0 Å². The molecule has 1 aliphatic heterocycles. The molecule has 2 nitrogen and oxygen atoms in total. The minimum atomic E-state index is 0. The van der Waals surface area contributed by atoms with Gasteiger partial charge in [0.1, 0.15) is 5.75 Å². The van der Waals surface area contributed by atoms with E-state index in [2.05, 4.69) is 76.9 Å². The SMILES string of the molecule is Cc1ccc(OCCCN2CCc3ccccc3C2)c(I)c1.Cl. The zero-order valence-corrected chi connectivity index (χ0v) is 16.4. The van der Waals surface area contributed by atoms with Crippen LogP contribution in [0.4, 0.5) is 0 Å². The van der Waals surface area contributed by atoms with Crippen LogP contribution in [0.5, 0.6) is 5.75 Å². The van der Waals surface area contributed by atoms with Crippen molar-refractivity contribution in [2.24, 2.45) is 0 Å². The minimum absolute atomic E-state index is 0. The van der Waals surface area contributed by atoms with Gasteiger partial charge in [-0.05, 0) is 71.2 Å². The molecule has 124 valence electrons. The second kappa shape index (κ2) is 8.90. The van der Waals surface area contributed by atoms with E-state index in [4.69, 9.17) is 4.74 Å². The van der Waals surface area contributed by atoms with Crippen LogP contribution in [0.15, 0.2) is 42.5 Å². The Morgan fingerprint density at radius 3 is 2.70 bits per heavy atom. The number of aryl methyl sites for hydroxylation is 1. The average molecular weight is 444 g/mol. The third kappa shape index (κ3) is 5.10. The Bertz CT molecular complexity index is 647. The fourth-order valence-corrected chi connectivity index (χ4v) is 3.76. The Balaban J connectivity index is 0.00000192. The fourth-order valence-electron chi connectivity index (χ4n) is 2.94. The summed E-state index contributed by atoms with van der Waals surface area (Å²) in [6, 6.07) is 15.2. The molecular weight excluding hydrogens is 421 g/mol. The summed E-state index contributed by atoms with van der Waals surface area (Å²) in [6.07, 6.45) is 2.25. The summed E-state index contributed by atoms with van der Waals surface area (Å²) in [5.41, 5.74) is 4.29. The van der Waals surface area contributed by atoms with Crippen LogP contribution in [-0.4, -0.2) is 24.6 Å². The highest BCUT2D eigenvalue weighted by molar-refractivity contribution is 14.1. The highest BCUT2D eigenvalue weighted by Gasteiger charge is 2.14. The third-order valence-corrected chi connectivity index (χ3v) is 5.02. The van der Waals surface area contributed by atoms with E-state index in [9.17, 15) is 0 Å². The van der Waals surface area contributed by atoms with Crippen molar-refractivity contribution in [1.29, 1.82) is 0 Å². The van der Waals surface area contributed by atoms with E-state index in [0.717, 1.165) is 31.9 Å². The second-order valence-electron chi connectivity index (χ2n) is 5.93. The van der Waals surface area contributed by atoms with Crippen molar-refractivity contribution in [2.75, 3.05) is 19.7 Å². The Labute approximate surface area is 158 Å². The van der Waals surface area contributed by atoms with Gasteiger partial charge in [0, 0.05) is 19.6 Å². The highest BCUT2D eigenvalue weighted by Crippen LogP contribution is 2.22. The molecule has 2 aromatic rings. The van der Waals surface area contributed by atoms with Crippen LogP contribution in [0.1, 0.15) is 23.1 Å². The lowest BCUT2D eigenvalue weighted by Gasteiger charge is -2.28. The summed E-state index contributed by atoms with van der Waals surface area (Å²) in [7, 11) is 0. The number of nitrogens with zero attached hydrogens (tertiary/aromatic N) is 1. The van der Waals surface area contributed by atoms with E-state index in [1.54, 1.807) is 0 Å². The van der Waals surface area contributed by atoms with Crippen LogP contribution in [0.2, 0.25) is 0 Å². The molecule has 0 N–H and O–H groups in total. The molecule has 23 heavy (non-hydrogen) atoms. The van der Waals surface area contributed by atoms with Crippen molar-refractivity contribution in [1.82, 2.24) is 4.90 Å². The molecule has 0 amide bonds. The predicted octanol–water partition coefficient (Wildman–Crippen LogP) is 4.85. The molecule has 0 aliphatic carbocycles. The maximum Gasteiger partial charge on any atom is 0.132 e. The molecular formula is C19H23ClINO. The van der Waals surface area contributed by atoms with Gasteiger partial charge in [-0.25, -0.2) is 0 Å². The van der Waals surface area contributed by atoms with E-state index in [0.29, 0.717) is 0 Å². The summed E-state index contributed by atoms with van der Waals surface area (Å²) in [6.45, 7) is 6.26. The number of ether oxygens (including phenoxy) is 1. The van der Waals surface area contributed by atoms with Gasteiger partial charge in [0.05, 0.1) is 10.2 Å². The number of benzene rings is 2. The van der Waals surface area contributed by atoms with Crippen LogP contribution in [-0.2, 0) is 13.0 Å². The normalized spacial score (nSPS) is 14.0. The van der Waals surface area contributed by atoms with Crippen molar-refractivity contribution < 1.29 is 4.74 Å². The Morgan fingerprint density at radius 1 is 1.13 bits per heavy atom. The van der Waals surface area contributed by atoms with E-state index in [1.165, 1.54) is 33.2 Å². The van der Waals surface area contributed by atoms with Gasteiger partial charge in [0.15, 0.2) is 0 Å². The molecule has 0 unspecified atom stereocenters. The summed E-state index contributed by atoms with van der Waals surface area (Å²) in [4.78, 5) is 2.53. The van der Waals surface area contributed by atoms with Crippen molar-refractivity contribution in [3.8, 4) is 5.75 Å². The largest absolute Gasteiger partial charge is 0.492 e. The van der Waals surface area contributed by atoms with Crippen LogP contribution >= 0.6 is 35.0 Å². The van der Waals surface area contributed by atoms with Gasteiger partial charge in [-0.3, -0.25) is 4.90 Å². The Hall–Kier alpha value is -0.780. The second-order valence-corrected chi connectivity index (χ2v) is 7.09. The lowest BCUT2D eigenvalue weighted by molar-refractivity contribution is 0.220. The van der Waals surface area contributed by atoms with Gasteiger partial charge < -0.3 is 4.74 Å². The van der Waals surface area contributed by atoms with Gasteiger partial charge in [0.25, 0.3) is 0 Å². The first-order valence-electron chi connectivity index (χ1n) is 7.90. The van der Waals surface area contributed by atoms with Gasteiger partial charge in [-0.2, -0.15) is 0 Å². The summed E-state index contributed by atoms with van der Waals surface area (Å²) in [5.74, 6) is 1.01. The maximum absolute atomic E-state index is 5.92. The highest BCUT2D eigenvalue weighted by atomic mass is 127. The van der Waals surface area contributed by atoms with Gasteiger partial charge in [-0.15, -0.1) is 12.4 Å². The first-order chi connectivity index (χ1) is 10.7. The van der Waals surface area contributed by atoms with E-state index in [1.807, 2.05) is 0 Å². The minimum Gasteiger partial charge on any atom is -0.492 e. The molecule has 0 radical (unpaired) electrons. The average Bonchev–Trinajstić information content (AvgIpc) is 2.53. The van der Waals surface area contributed by atoms with Crippen molar-refractivity contribution in [3.05, 3.63) is 62.7 Å². The van der Waals surface area contributed by atoms with Crippen LogP contribution < -0.4 is 4.74 Å². The lowest BCUT2D eigenvalue weighted by Crippen LogP contribution is -2.32. The summed E-state index contributed by atoms with van der Waals surface area (Å²) < 4.78 is 7.12. The van der Waals surface area contributed by atoms with Crippen LogP contribution in [0, 0.1) is 10.5 Å². The van der Waals surface area contributed by atoms with E-state index < -0.39 is 0 Å². The van der Waals surface area contributed by atoms with E-state index in [-0.39, 0.29) is 12.4 Å². The van der Waals surface area contributed by atoms with Crippen LogP contribution in [0.25, 0.3) is 0 Å². The molecule has 1 aliphatic rings. The number of rotatable bonds is 5. The van der Waals surface area contributed by atoms with Gasteiger partial charge in [-0.1, -0.05) is 30.3 Å². The smallest absolute Gasteiger partial charge is 0.132 e. The molecule has 4 heteroatoms. The molecule has 0 saturated heterocycles. The predicted molar refractivity (Wildman–Crippen MR) is 107 cm³/mol. The molecule has 2 aromatic carbocycles. The van der Waals surface area contributed by atoms with Gasteiger partial charge in [0.2, 0.25) is 0 Å². The molecule has 1 heterocycles. The number of fused-ring (bicyclic) bond motifs is 1. The zero-order chi connectivity index (χ0) is 15.4. The molecule has 0 atom stereocenters. The zero-order valence-electron chi connectivity index (χ0n) is 13.4. The first-order valence-corrected chi connectivity index (χ1v) is 8.98. The topological polar surface area (TPSA) is 12.5 Å². The molecule has 3 rings (SSSR count). The molecule has 0 spiro atoms. The number of hydrogen-bond acceptors (Lipinski definition) is 2. The first kappa shape index (κ1) is 18.6. The van der Waals surface area contributed by atoms with Gasteiger partial charge >= 0.3 is 0 Å². The standard InChI is InChI=1S/C19H22INO.ClH/c1-15-7-8-19(18(20)13-15)22-12-4-10-21-11-9-16-5-2-3-6-17(16)14-21;/h2-3,5-8,13H,4,9-12,14H2,1H3;1H.